The number of aromatic nitrogens is 1. The highest BCUT2D eigenvalue weighted by Gasteiger charge is 2.47. The summed E-state index contributed by atoms with van der Waals surface area (Å²) < 4.78 is 2.53. The molecule has 65 heavy (non-hydrogen) atoms. The second-order valence-electron chi connectivity index (χ2n) is 18.5. The molecule has 2 nitrogen and oxygen atoms in total. The van der Waals surface area contributed by atoms with Gasteiger partial charge in [-0.2, -0.15) is 0 Å². The SMILES string of the molecule is CC(C)(C)n1c2ccccc2c2ccc(N(c3cc(-c4ccccc4)c4c(c3)C(c3ccccc3)(c3ccccc3)c3ccccc3-4)c3cc(-c4ccccc4)c4ccccc4c3)cc21. The van der Waals surface area contributed by atoms with E-state index in [9.17, 15) is 0 Å². The highest BCUT2D eigenvalue weighted by atomic mass is 15.1. The molecule has 0 saturated heterocycles. The van der Waals surface area contributed by atoms with E-state index >= 15 is 0 Å². The maximum absolute atomic E-state index is 2.53. The van der Waals surface area contributed by atoms with E-state index in [0.29, 0.717) is 0 Å². The quantitative estimate of drug-likeness (QED) is 0.155. The van der Waals surface area contributed by atoms with E-state index in [1.54, 1.807) is 0 Å². The highest BCUT2D eigenvalue weighted by Crippen LogP contribution is 2.60. The van der Waals surface area contributed by atoms with Crippen LogP contribution in [0.2, 0.25) is 0 Å². The second kappa shape index (κ2) is 15.1. The van der Waals surface area contributed by atoms with Crippen LogP contribution in [-0.4, -0.2) is 4.57 Å². The van der Waals surface area contributed by atoms with Gasteiger partial charge in [0.1, 0.15) is 0 Å². The fourth-order valence-electron chi connectivity index (χ4n) is 11.1. The van der Waals surface area contributed by atoms with E-state index in [4.69, 9.17) is 0 Å². The van der Waals surface area contributed by atoms with Gasteiger partial charge in [-0.05, 0) is 130 Å². The lowest BCUT2D eigenvalue weighted by molar-refractivity contribution is 0.423. The van der Waals surface area contributed by atoms with Gasteiger partial charge in [0.05, 0.1) is 10.9 Å². The van der Waals surface area contributed by atoms with Crippen LogP contribution < -0.4 is 4.90 Å². The lowest BCUT2D eigenvalue weighted by Gasteiger charge is -2.35. The molecule has 1 aliphatic rings. The summed E-state index contributed by atoms with van der Waals surface area (Å²) in [5.41, 5.74) is 17.4. The summed E-state index contributed by atoms with van der Waals surface area (Å²) in [5, 5.41) is 4.94. The predicted octanol–water partition coefficient (Wildman–Crippen LogP) is 16.9. The molecule has 11 aromatic rings. The largest absolute Gasteiger partial charge is 0.335 e. The standard InChI is InChI=1S/C63H48N2/c1-62(2,3)65-59-35-21-19-32-52(59)53-37-36-48(42-60(53)65)64(49-38-45-26-16-17-31-51(45)55(39-49)43-22-8-4-9-23-43)50-40-56(44-24-10-5-11-25-44)61-54-33-18-20-34-57(54)63(58(61)41-50,46-27-12-6-13-28-46)47-29-14-7-15-30-47/h4-42H,1-3H3. The van der Waals surface area contributed by atoms with Crippen LogP contribution in [0.5, 0.6) is 0 Å². The van der Waals surface area contributed by atoms with Gasteiger partial charge in [0.15, 0.2) is 0 Å². The predicted molar refractivity (Wildman–Crippen MR) is 275 cm³/mol. The van der Waals surface area contributed by atoms with Crippen LogP contribution in [-0.2, 0) is 11.0 Å². The zero-order valence-corrected chi connectivity index (χ0v) is 36.9. The van der Waals surface area contributed by atoms with Crippen molar-refractivity contribution in [3.63, 3.8) is 0 Å². The van der Waals surface area contributed by atoms with Crippen LogP contribution >= 0.6 is 0 Å². The summed E-state index contributed by atoms with van der Waals surface area (Å²) in [6, 6.07) is 87.9. The van der Waals surface area contributed by atoms with Gasteiger partial charge in [-0.1, -0.05) is 194 Å². The minimum atomic E-state index is -0.596. The Kier molecular flexibility index (Phi) is 9.00. The van der Waals surface area contributed by atoms with Crippen LogP contribution in [0.3, 0.4) is 0 Å². The lowest BCUT2D eigenvalue weighted by Crippen LogP contribution is -2.28. The Balaban J connectivity index is 1.24. The molecule has 0 N–H and O–H groups in total. The minimum Gasteiger partial charge on any atom is -0.335 e. The van der Waals surface area contributed by atoms with Crippen LogP contribution in [0, 0.1) is 0 Å². The van der Waals surface area contributed by atoms with Gasteiger partial charge in [-0.3, -0.25) is 0 Å². The fourth-order valence-corrected chi connectivity index (χ4v) is 11.1. The molecule has 1 aromatic heterocycles. The Hall–Kier alpha value is -7.94. The van der Waals surface area contributed by atoms with Gasteiger partial charge in [-0.15, -0.1) is 0 Å². The number of fused-ring (bicyclic) bond motifs is 7. The molecule has 2 heteroatoms. The topological polar surface area (TPSA) is 8.17 Å². The lowest BCUT2D eigenvalue weighted by atomic mass is 9.67. The van der Waals surface area contributed by atoms with Crippen molar-refractivity contribution >= 4 is 49.6 Å². The molecule has 0 amide bonds. The fraction of sp³-hybridized carbons (Fsp3) is 0.0794. The number of hydrogen-bond donors (Lipinski definition) is 0. The molecule has 0 radical (unpaired) electrons. The van der Waals surface area contributed by atoms with Gasteiger partial charge >= 0.3 is 0 Å². The summed E-state index contributed by atoms with van der Waals surface area (Å²) in [5.74, 6) is 0. The van der Waals surface area contributed by atoms with E-state index in [-0.39, 0.29) is 5.54 Å². The average Bonchev–Trinajstić information content (AvgIpc) is 3.86. The normalized spacial score (nSPS) is 13.0. The maximum Gasteiger partial charge on any atom is 0.0714 e. The summed E-state index contributed by atoms with van der Waals surface area (Å²) >= 11 is 0. The number of benzene rings is 10. The van der Waals surface area contributed by atoms with Crippen molar-refractivity contribution in [1.82, 2.24) is 4.57 Å². The minimum absolute atomic E-state index is 0.168. The molecule has 1 aliphatic carbocycles. The van der Waals surface area contributed by atoms with E-state index in [2.05, 4.69) is 267 Å². The van der Waals surface area contributed by atoms with Gasteiger partial charge in [0.2, 0.25) is 0 Å². The first kappa shape index (κ1) is 38.7. The second-order valence-corrected chi connectivity index (χ2v) is 18.5. The molecule has 0 saturated carbocycles. The average molecular weight is 833 g/mol. The molecule has 0 spiro atoms. The van der Waals surface area contributed by atoms with Crippen LogP contribution in [0.15, 0.2) is 237 Å². The molecule has 0 bridgehead atoms. The van der Waals surface area contributed by atoms with Crippen LogP contribution in [0.1, 0.15) is 43.0 Å². The Bertz CT molecular complexity index is 3520. The zero-order valence-electron chi connectivity index (χ0n) is 36.9. The van der Waals surface area contributed by atoms with Crippen molar-refractivity contribution < 1.29 is 0 Å². The summed E-state index contributed by atoms with van der Waals surface area (Å²) in [7, 11) is 0. The van der Waals surface area contributed by atoms with Gasteiger partial charge in [0.25, 0.3) is 0 Å². The van der Waals surface area contributed by atoms with E-state index in [0.717, 1.165) is 17.1 Å². The Labute approximate surface area is 381 Å². The molecule has 10 aromatic carbocycles. The van der Waals surface area contributed by atoms with Crippen molar-refractivity contribution in [2.24, 2.45) is 0 Å². The van der Waals surface area contributed by atoms with Gasteiger partial charge in [-0.25, -0.2) is 0 Å². The first-order valence-corrected chi connectivity index (χ1v) is 22.8. The summed E-state index contributed by atoms with van der Waals surface area (Å²) in [6.45, 7) is 6.95. The zero-order chi connectivity index (χ0) is 43.7. The van der Waals surface area contributed by atoms with Crippen molar-refractivity contribution in [2.75, 3.05) is 4.90 Å². The molecule has 0 unspecified atom stereocenters. The van der Waals surface area contributed by atoms with Crippen molar-refractivity contribution in [3.05, 3.63) is 259 Å². The molecule has 0 aliphatic heterocycles. The smallest absolute Gasteiger partial charge is 0.0714 e. The van der Waals surface area contributed by atoms with Crippen LogP contribution in [0.25, 0.3) is 66.0 Å². The number of para-hydroxylation sites is 1. The summed E-state index contributed by atoms with van der Waals surface area (Å²) in [6.07, 6.45) is 0. The third-order valence-electron chi connectivity index (χ3n) is 13.7. The van der Waals surface area contributed by atoms with E-state index < -0.39 is 5.41 Å². The molecule has 1 heterocycles. The van der Waals surface area contributed by atoms with Crippen molar-refractivity contribution in [2.45, 2.75) is 31.7 Å². The Morgan fingerprint density at radius 3 is 1.57 bits per heavy atom. The third-order valence-corrected chi connectivity index (χ3v) is 13.7. The molecule has 0 fully saturated rings. The summed E-state index contributed by atoms with van der Waals surface area (Å²) in [4.78, 5) is 2.53. The molecular weight excluding hydrogens is 785 g/mol. The Morgan fingerprint density at radius 1 is 0.369 bits per heavy atom. The maximum atomic E-state index is 2.53. The molecule has 0 atom stereocenters. The first-order chi connectivity index (χ1) is 31.9. The molecular formula is C63H48N2. The van der Waals surface area contributed by atoms with Crippen molar-refractivity contribution in [1.29, 1.82) is 0 Å². The van der Waals surface area contributed by atoms with Gasteiger partial charge in [0, 0.05) is 38.9 Å². The third kappa shape index (κ3) is 6.09. The Morgan fingerprint density at radius 2 is 0.892 bits per heavy atom. The van der Waals surface area contributed by atoms with Crippen LogP contribution in [0.4, 0.5) is 17.1 Å². The number of hydrogen-bond acceptors (Lipinski definition) is 1. The number of nitrogens with zero attached hydrogens (tertiary/aromatic N) is 2. The molecule has 12 rings (SSSR count). The van der Waals surface area contributed by atoms with E-state index in [1.807, 2.05) is 0 Å². The first-order valence-electron chi connectivity index (χ1n) is 22.8. The van der Waals surface area contributed by atoms with E-state index in [1.165, 1.54) is 88.2 Å². The number of rotatable bonds is 7. The van der Waals surface area contributed by atoms with Crippen molar-refractivity contribution in [3.8, 4) is 33.4 Å². The van der Waals surface area contributed by atoms with Gasteiger partial charge < -0.3 is 9.47 Å². The molecule has 310 valence electrons. The highest BCUT2D eigenvalue weighted by molar-refractivity contribution is 6.10. The monoisotopic (exact) mass is 832 g/mol. The number of anilines is 3.